The SMILES string of the molecule is CCN(CC)CCN(C(=O)c1ccc(S(=O)(=O)N2CCOCC2)cc1)c1nc2ccc(Br)cc2s1. The minimum absolute atomic E-state index is 0.176. The van der Waals surface area contributed by atoms with Gasteiger partial charge in [0.2, 0.25) is 10.0 Å². The number of sulfonamides is 1. The van der Waals surface area contributed by atoms with E-state index in [1.807, 2.05) is 18.2 Å². The van der Waals surface area contributed by atoms with Gasteiger partial charge >= 0.3 is 0 Å². The number of thiazole rings is 1. The van der Waals surface area contributed by atoms with Gasteiger partial charge in [0.25, 0.3) is 5.91 Å². The van der Waals surface area contributed by atoms with Crippen LogP contribution in [0.1, 0.15) is 24.2 Å². The summed E-state index contributed by atoms with van der Waals surface area (Å²) in [5.74, 6) is -0.203. The fourth-order valence-electron chi connectivity index (χ4n) is 3.93. The third kappa shape index (κ3) is 5.92. The maximum atomic E-state index is 13.6. The summed E-state index contributed by atoms with van der Waals surface area (Å²) in [7, 11) is -3.62. The molecule has 0 saturated carbocycles. The highest BCUT2D eigenvalue weighted by Crippen LogP contribution is 2.32. The van der Waals surface area contributed by atoms with Crippen LogP contribution in [0.3, 0.4) is 0 Å². The van der Waals surface area contributed by atoms with Gasteiger partial charge in [0, 0.05) is 36.2 Å². The molecule has 0 aliphatic carbocycles. The van der Waals surface area contributed by atoms with Crippen molar-refractivity contribution in [1.82, 2.24) is 14.2 Å². The van der Waals surface area contributed by atoms with Crippen molar-refractivity contribution in [2.24, 2.45) is 0 Å². The number of rotatable bonds is 9. The largest absolute Gasteiger partial charge is 0.379 e. The van der Waals surface area contributed by atoms with E-state index in [1.165, 1.54) is 27.8 Å². The van der Waals surface area contributed by atoms with Crippen molar-refractivity contribution in [3.8, 4) is 0 Å². The number of likely N-dealkylation sites (N-methyl/N-ethyl adjacent to an activating group) is 1. The van der Waals surface area contributed by atoms with Gasteiger partial charge in [-0.15, -0.1) is 0 Å². The molecule has 0 unspecified atom stereocenters. The Morgan fingerprint density at radius 2 is 1.77 bits per heavy atom. The number of ether oxygens (including phenoxy) is 1. The normalized spacial score (nSPS) is 15.1. The molecule has 35 heavy (non-hydrogen) atoms. The number of fused-ring (bicyclic) bond motifs is 1. The van der Waals surface area contributed by atoms with Gasteiger partial charge in [-0.3, -0.25) is 9.69 Å². The summed E-state index contributed by atoms with van der Waals surface area (Å²) in [6, 6.07) is 12.0. The number of halogens is 1. The van der Waals surface area contributed by atoms with E-state index in [4.69, 9.17) is 9.72 Å². The molecule has 1 aromatic heterocycles. The maximum absolute atomic E-state index is 13.6. The van der Waals surface area contributed by atoms with Crippen LogP contribution in [-0.4, -0.2) is 81.0 Å². The summed E-state index contributed by atoms with van der Waals surface area (Å²) in [5.41, 5.74) is 1.26. The average molecular weight is 582 g/mol. The third-order valence-electron chi connectivity index (χ3n) is 6.06. The lowest BCUT2D eigenvalue weighted by atomic mass is 10.2. The minimum Gasteiger partial charge on any atom is -0.379 e. The molecular weight excluding hydrogens is 552 g/mol. The second-order valence-corrected chi connectivity index (χ2v) is 12.0. The fourth-order valence-corrected chi connectivity index (χ4v) is 6.88. The zero-order valence-electron chi connectivity index (χ0n) is 19.8. The number of amides is 1. The second kappa shape index (κ2) is 11.4. The first kappa shape index (κ1) is 26.2. The third-order valence-corrected chi connectivity index (χ3v) is 9.51. The predicted octanol–water partition coefficient (Wildman–Crippen LogP) is 4.07. The molecule has 1 fully saturated rings. The summed E-state index contributed by atoms with van der Waals surface area (Å²) in [6.45, 7) is 8.59. The fraction of sp³-hybridized carbons (Fsp3) is 0.417. The minimum atomic E-state index is -3.62. The van der Waals surface area contributed by atoms with Gasteiger partial charge in [0.1, 0.15) is 0 Å². The average Bonchev–Trinajstić information content (AvgIpc) is 3.29. The van der Waals surface area contributed by atoms with Crippen molar-refractivity contribution in [1.29, 1.82) is 0 Å². The molecule has 0 spiro atoms. The Labute approximate surface area is 218 Å². The molecule has 3 aromatic rings. The van der Waals surface area contributed by atoms with Crippen LogP contribution in [-0.2, 0) is 14.8 Å². The summed E-state index contributed by atoms with van der Waals surface area (Å²) >= 11 is 4.96. The number of aromatic nitrogens is 1. The first-order valence-electron chi connectivity index (χ1n) is 11.6. The Hall–Kier alpha value is -1.89. The lowest BCUT2D eigenvalue weighted by Crippen LogP contribution is -2.40. The smallest absolute Gasteiger partial charge is 0.260 e. The van der Waals surface area contributed by atoms with Gasteiger partial charge in [-0.25, -0.2) is 13.4 Å². The number of hydrogen-bond donors (Lipinski definition) is 0. The van der Waals surface area contributed by atoms with Crippen LogP contribution in [0.2, 0.25) is 0 Å². The molecule has 8 nitrogen and oxygen atoms in total. The van der Waals surface area contributed by atoms with Crippen molar-refractivity contribution in [3.05, 3.63) is 52.5 Å². The first-order valence-corrected chi connectivity index (χ1v) is 14.7. The highest BCUT2D eigenvalue weighted by Gasteiger charge is 2.27. The summed E-state index contributed by atoms with van der Waals surface area (Å²) < 4.78 is 34.5. The monoisotopic (exact) mass is 580 g/mol. The highest BCUT2D eigenvalue weighted by atomic mass is 79.9. The molecule has 0 N–H and O–H groups in total. The van der Waals surface area contributed by atoms with Crippen molar-refractivity contribution in [2.75, 3.05) is 57.4 Å². The first-order chi connectivity index (χ1) is 16.8. The molecule has 0 atom stereocenters. The zero-order valence-corrected chi connectivity index (χ0v) is 23.0. The zero-order chi connectivity index (χ0) is 25.0. The quantitative estimate of drug-likeness (QED) is 0.379. The van der Waals surface area contributed by atoms with Crippen LogP contribution >= 0.6 is 27.3 Å². The Morgan fingerprint density at radius 3 is 2.43 bits per heavy atom. The van der Waals surface area contributed by atoms with Crippen molar-refractivity contribution in [3.63, 3.8) is 0 Å². The summed E-state index contributed by atoms with van der Waals surface area (Å²) in [5, 5.41) is 0.625. The van der Waals surface area contributed by atoms with Gasteiger partial charge in [0.15, 0.2) is 5.13 Å². The summed E-state index contributed by atoms with van der Waals surface area (Å²) in [6.07, 6.45) is 0. The van der Waals surface area contributed by atoms with Crippen LogP contribution in [0.15, 0.2) is 51.8 Å². The standard InChI is InChI=1S/C24H29BrN4O4S2/c1-3-27(4-2)11-12-29(24-26-21-10-7-19(25)17-22(21)34-24)23(30)18-5-8-20(9-6-18)35(31,32)28-13-15-33-16-14-28/h5-10,17H,3-4,11-16H2,1-2H3. The molecule has 2 aromatic carbocycles. The number of anilines is 1. The number of carbonyl (C=O) groups is 1. The Morgan fingerprint density at radius 1 is 1.09 bits per heavy atom. The lowest BCUT2D eigenvalue weighted by molar-refractivity contribution is 0.0730. The van der Waals surface area contributed by atoms with Crippen LogP contribution in [0.4, 0.5) is 5.13 Å². The van der Waals surface area contributed by atoms with Crippen molar-refractivity contribution in [2.45, 2.75) is 18.7 Å². The number of benzene rings is 2. The van der Waals surface area contributed by atoms with Crippen molar-refractivity contribution >= 4 is 58.5 Å². The maximum Gasteiger partial charge on any atom is 0.260 e. The molecule has 0 radical (unpaired) electrons. The number of carbonyl (C=O) groups excluding carboxylic acids is 1. The van der Waals surface area contributed by atoms with Crippen LogP contribution in [0, 0.1) is 0 Å². The van der Waals surface area contributed by atoms with Gasteiger partial charge < -0.3 is 9.64 Å². The topological polar surface area (TPSA) is 83.1 Å². The van der Waals surface area contributed by atoms with E-state index in [1.54, 1.807) is 17.0 Å². The Bertz CT molecular complexity index is 1270. The molecule has 188 valence electrons. The number of nitrogens with zero attached hydrogens (tertiary/aromatic N) is 4. The van der Waals surface area contributed by atoms with Gasteiger partial charge in [-0.1, -0.05) is 41.1 Å². The van der Waals surface area contributed by atoms with E-state index in [0.717, 1.165) is 27.8 Å². The molecule has 11 heteroatoms. The van der Waals surface area contributed by atoms with Crippen LogP contribution < -0.4 is 4.90 Å². The summed E-state index contributed by atoms with van der Waals surface area (Å²) in [4.78, 5) is 22.5. The predicted molar refractivity (Wildman–Crippen MR) is 143 cm³/mol. The second-order valence-electron chi connectivity index (χ2n) is 8.13. The molecule has 1 aliphatic rings. The van der Waals surface area contributed by atoms with Gasteiger partial charge in [-0.05, 0) is 55.6 Å². The molecule has 4 rings (SSSR count). The number of morpholine rings is 1. The van der Waals surface area contributed by atoms with E-state index in [2.05, 4.69) is 34.7 Å². The molecule has 1 amide bonds. The molecule has 0 bridgehead atoms. The van der Waals surface area contributed by atoms with Crippen LogP contribution in [0.25, 0.3) is 10.2 Å². The van der Waals surface area contributed by atoms with E-state index < -0.39 is 10.0 Å². The van der Waals surface area contributed by atoms with E-state index in [9.17, 15) is 13.2 Å². The molecule has 1 saturated heterocycles. The van der Waals surface area contributed by atoms with Crippen molar-refractivity contribution < 1.29 is 17.9 Å². The van der Waals surface area contributed by atoms with E-state index in [0.29, 0.717) is 50.1 Å². The van der Waals surface area contributed by atoms with Gasteiger partial charge in [-0.2, -0.15) is 4.31 Å². The van der Waals surface area contributed by atoms with Crippen LogP contribution in [0.5, 0.6) is 0 Å². The highest BCUT2D eigenvalue weighted by molar-refractivity contribution is 9.10. The number of hydrogen-bond acceptors (Lipinski definition) is 7. The Kier molecular flexibility index (Phi) is 8.56. The Balaban J connectivity index is 1.61. The molecule has 1 aliphatic heterocycles. The van der Waals surface area contributed by atoms with Gasteiger partial charge in [0.05, 0.1) is 28.3 Å². The molecule has 2 heterocycles. The molecular formula is C24H29BrN4O4S2. The lowest BCUT2D eigenvalue weighted by Gasteiger charge is -2.26. The van der Waals surface area contributed by atoms with E-state index in [-0.39, 0.29) is 10.8 Å². The van der Waals surface area contributed by atoms with E-state index >= 15 is 0 Å².